The van der Waals surface area contributed by atoms with Crippen molar-refractivity contribution >= 4 is 33.6 Å². The van der Waals surface area contributed by atoms with Crippen molar-refractivity contribution in [3.05, 3.63) is 71.2 Å². The standard InChI is InChI=1S/C21H22N4O2/c1-11(19-10-15-8-13(21(24)25)3-5-18(15)27-19)6-16-9-14-7-12(20(22)23)2-4-17(14)26-16/h2-10,20-21H,22-25H2,1H3/b11-6+. The molecule has 6 nitrogen and oxygen atoms in total. The van der Waals surface area contributed by atoms with E-state index in [1.54, 1.807) is 0 Å². The molecule has 0 amide bonds. The van der Waals surface area contributed by atoms with Crippen LogP contribution in [0.5, 0.6) is 0 Å². The molecule has 0 atom stereocenters. The molecule has 8 N–H and O–H groups in total. The number of allylic oxidation sites excluding steroid dienone is 1. The van der Waals surface area contributed by atoms with Gasteiger partial charge in [0, 0.05) is 10.8 Å². The first-order valence-corrected chi connectivity index (χ1v) is 8.69. The van der Waals surface area contributed by atoms with Gasteiger partial charge in [0.1, 0.15) is 22.7 Å². The first-order chi connectivity index (χ1) is 12.9. The summed E-state index contributed by atoms with van der Waals surface area (Å²) in [4.78, 5) is 0. The zero-order valence-corrected chi connectivity index (χ0v) is 15.0. The van der Waals surface area contributed by atoms with Crippen LogP contribution in [0, 0.1) is 0 Å². The summed E-state index contributed by atoms with van der Waals surface area (Å²) >= 11 is 0. The van der Waals surface area contributed by atoms with Gasteiger partial charge in [-0.25, -0.2) is 0 Å². The van der Waals surface area contributed by atoms with Crippen LogP contribution < -0.4 is 22.9 Å². The average molecular weight is 362 g/mol. The first kappa shape index (κ1) is 17.5. The van der Waals surface area contributed by atoms with E-state index in [9.17, 15) is 0 Å². The summed E-state index contributed by atoms with van der Waals surface area (Å²) in [5, 5.41) is 1.92. The monoisotopic (exact) mass is 362 g/mol. The molecule has 2 aromatic heterocycles. The quantitative estimate of drug-likeness (QED) is 0.411. The summed E-state index contributed by atoms with van der Waals surface area (Å²) in [5.74, 6) is 1.49. The van der Waals surface area contributed by atoms with Crippen LogP contribution >= 0.6 is 0 Å². The highest BCUT2D eigenvalue weighted by Gasteiger charge is 2.10. The van der Waals surface area contributed by atoms with Crippen molar-refractivity contribution in [1.29, 1.82) is 0 Å². The number of furan rings is 2. The van der Waals surface area contributed by atoms with Gasteiger partial charge in [0.25, 0.3) is 0 Å². The third-order valence-corrected chi connectivity index (χ3v) is 4.62. The van der Waals surface area contributed by atoms with Crippen molar-refractivity contribution < 1.29 is 8.83 Å². The fourth-order valence-electron chi connectivity index (χ4n) is 3.11. The van der Waals surface area contributed by atoms with Gasteiger partial charge in [-0.3, -0.25) is 0 Å². The van der Waals surface area contributed by atoms with E-state index in [-0.39, 0.29) is 0 Å². The van der Waals surface area contributed by atoms with Crippen LogP contribution in [0.25, 0.3) is 33.6 Å². The Labute approximate surface area is 156 Å². The summed E-state index contributed by atoms with van der Waals surface area (Å²) in [5.41, 5.74) is 27.2. The van der Waals surface area contributed by atoms with E-state index in [0.717, 1.165) is 50.2 Å². The van der Waals surface area contributed by atoms with Gasteiger partial charge in [0.2, 0.25) is 0 Å². The molecule has 2 heterocycles. The Morgan fingerprint density at radius 1 is 0.778 bits per heavy atom. The van der Waals surface area contributed by atoms with E-state index >= 15 is 0 Å². The lowest BCUT2D eigenvalue weighted by atomic mass is 10.1. The molecule has 0 saturated heterocycles. The van der Waals surface area contributed by atoms with Crippen molar-refractivity contribution in [2.24, 2.45) is 22.9 Å². The third-order valence-electron chi connectivity index (χ3n) is 4.62. The second kappa shape index (κ2) is 6.68. The molecule has 0 saturated carbocycles. The topological polar surface area (TPSA) is 130 Å². The molecule has 4 rings (SSSR count). The number of hydrogen-bond acceptors (Lipinski definition) is 6. The second-order valence-corrected chi connectivity index (χ2v) is 6.73. The van der Waals surface area contributed by atoms with Crippen LogP contribution in [0.15, 0.2) is 57.4 Å². The molecule has 138 valence electrons. The largest absolute Gasteiger partial charge is 0.457 e. The Morgan fingerprint density at radius 2 is 1.33 bits per heavy atom. The highest BCUT2D eigenvalue weighted by molar-refractivity contribution is 5.88. The maximum absolute atomic E-state index is 5.94. The molecule has 2 aromatic carbocycles. The van der Waals surface area contributed by atoms with Gasteiger partial charge in [-0.2, -0.15) is 0 Å². The Kier molecular flexibility index (Phi) is 4.33. The van der Waals surface area contributed by atoms with Crippen molar-refractivity contribution in [2.75, 3.05) is 0 Å². The minimum absolute atomic E-state index is 0.507. The van der Waals surface area contributed by atoms with Gasteiger partial charge in [-0.15, -0.1) is 0 Å². The van der Waals surface area contributed by atoms with Crippen LogP contribution in [0.2, 0.25) is 0 Å². The molecule has 0 unspecified atom stereocenters. The molecule has 0 aliphatic rings. The van der Waals surface area contributed by atoms with Gasteiger partial charge in [-0.1, -0.05) is 12.1 Å². The number of fused-ring (bicyclic) bond motifs is 2. The summed E-state index contributed by atoms with van der Waals surface area (Å²) in [6.45, 7) is 1.97. The Hall–Kier alpha value is -2.90. The van der Waals surface area contributed by atoms with Gasteiger partial charge >= 0.3 is 0 Å². The lowest BCUT2D eigenvalue weighted by Gasteiger charge is -2.03. The van der Waals surface area contributed by atoms with Gasteiger partial charge in [-0.05, 0) is 66.1 Å². The van der Waals surface area contributed by atoms with Crippen LogP contribution in [-0.4, -0.2) is 0 Å². The van der Waals surface area contributed by atoms with Crippen LogP contribution in [0.3, 0.4) is 0 Å². The maximum Gasteiger partial charge on any atom is 0.134 e. The Bertz CT molecular complexity index is 1150. The zero-order valence-electron chi connectivity index (χ0n) is 15.0. The fourth-order valence-corrected chi connectivity index (χ4v) is 3.11. The van der Waals surface area contributed by atoms with E-state index < -0.39 is 12.3 Å². The molecule has 0 fully saturated rings. The predicted octanol–water partition coefficient (Wildman–Crippen LogP) is 3.57. The van der Waals surface area contributed by atoms with E-state index in [0.29, 0.717) is 0 Å². The minimum Gasteiger partial charge on any atom is -0.457 e. The van der Waals surface area contributed by atoms with Gasteiger partial charge < -0.3 is 31.8 Å². The number of hydrogen-bond donors (Lipinski definition) is 4. The zero-order chi connectivity index (χ0) is 19.1. The van der Waals surface area contributed by atoms with Crippen molar-refractivity contribution in [1.82, 2.24) is 0 Å². The van der Waals surface area contributed by atoms with E-state index in [2.05, 4.69) is 0 Å². The minimum atomic E-state index is -0.508. The third kappa shape index (κ3) is 3.39. The van der Waals surface area contributed by atoms with Crippen molar-refractivity contribution in [3.63, 3.8) is 0 Å². The molecule has 0 aliphatic carbocycles. The number of rotatable bonds is 4. The van der Waals surface area contributed by atoms with Crippen molar-refractivity contribution in [3.8, 4) is 0 Å². The predicted molar refractivity (Wildman–Crippen MR) is 108 cm³/mol. The molecule has 0 aliphatic heterocycles. The highest BCUT2D eigenvalue weighted by atomic mass is 16.3. The van der Waals surface area contributed by atoms with E-state index in [1.807, 2.05) is 61.5 Å². The van der Waals surface area contributed by atoms with Crippen LogP contribution in [-0.2, 0) is 0 Å². The lowest BCUT2D eigenvalue weighted by molar-refractivity contribution is 0.595. The molecular weight excluding hydrogens is 340 g/mol. The molecule has 0 spiro atoms. The summed E-state index contributed by atoms with van der Waals surface area (Å²) in [7, 11) is 0. The second-order valence-electron chi connectivity index (χ2n) is 6.73. The maximum atomic E-state index is 5.94. The average Bonchev–Trinajstić information content (AvgIpc) is 3.23. The smallest absolute Gasteiger partial charge is 0.134 e. The summed E-state index contributed by atoms with van der Waals surface area (Å²) in [6.07, 6.45) is 0.925. The Balaban J connectivity index is 1.69. The number of benzene rings is 2. The molecule has 6 heteroatoms. The summed E-state index contributed by atoms with van der Waals surface area (Å²) in [6, 6.07) is 15.3. The van der Waals surface area contributed by atoms with Gasteiger partial charge in [0.05, 0.1) is 12.3 Å². The molecule has 4 aromatic rings. The molecule has 0 radical (unpaired) electrons. The van der Waals surface area contributed by atoms with E-state index in [4.69, 9.17) is 31.8 Å². The normalized spacial score (nSPS) is 12.8. The summed E-state index contributed by atoms with van der Waals surface area (Å²) < 4.78 is 11.8. The van der Waals surface area contributed by atoms with Gasteiger partial charge in [0.15, 0.2) is 0 Å². The van der Waals surface area contributed by atoms with E-state index in [1.165, 1.54) is 0 Å². The van der Waals surface area contributed by atoms with Crippen LogP contribution in [0.4, 0.5) is 0 Å². The lowest BCUT2D eigenvalue weighted by Crippen LogP contribution is -2.19. The number of nitrogens with two attached hydrogens (primary N) is 4. The van der Waals surface area contributed by atoms with Crippen LogP contribution in [0.1, 0.15) is 41.9 Å². The molecule has 0 bridgehead atoms. The fraction of sp³-hybridized carbons (Fsp3) is 0.143. The Morgan fingerprint density at radius 3 is 1.93 bits per heavy atom. The first-order valence-electron chi connectivity index (χ1n) is 8.69. The van der Waals surface area contributed by atoms with Crippen molar-refractivity contribution in [2.45, 2.75) is 19.3 Å². The molecule has 27 heavy (non-hydrogen) atoms. The highest BCUT2D eigenvalue weighted by Crippen LogP contribution is 2.29. The SMILES string of the molecule is C/C(=C\c1cc2cc(C(N)N)ccc2o1)c1cc2cc(C(N)N)ccc2o1. The molecular formula is C21H22N4O2.